The predicted octanol–water partition coefficient (Wildman–Crippen LogP) is 3.36. The summed E-state index contributed by atoms with van der Waals surface area (Å²) in [6.07, 6.45) is 3.25. The lowest BCUT2D eigenvalue weighted by molar-refractivity contribution is -0.128. The van der Waals surface area contributed by atoms with Gasteiger partial charge in [0, 0.05) is 25.2 Å². The fourth-order valence-electron chi connectivity index (χ4n) is 3.50. The number of nitrogens with zero attached hydrogens (tertiary/aromatic N) is 3. The lowest BCUT2D eigenvalue weighted by Gasteiger charge is -2.17. The SMILES string of the molecule is C[C@@H](C(=O)Nc1cccc(CN2CCCC2=O)c1)n1cnc2ccccc21. The number of hydrogen-bond acceptors (Lipinski definition) is 3. The van der Waals surface area contributed by atoms with Crippen LogP contribution in [0.25, 0.3) is 11.0 Å². The summed E-state index contributed by atoms with van der Waals surface area (Å²) in [6.45, 7) is 3.25. The Morgan fingerprint density at radius 2 is 2.07 bits per heavy atom. The molecule has 2 heterocycles. The van der Waals surface area contributed by atoms with E-state index in [0.29, 0.717) is 13.0 Å². The van der Waals surface area contributed by atoms with Crippen molar-refractivity contribution in [3.63, 3.8) is 0 Å². The maximum Gasteiger partial charge on any atom is 0.247 e. The second-order valence-corrected chi connectivity index (χ2v) is 6.93. The molecule has 1 aromatic heterocycles. The van der Waals surface area contributed by atoms with Crippen molar-refractivity contribution in [1.82, 2.24) is 14.5 Å². The fourth-order valence-corrected chi connectivity index (χ4v) is 3.50. The third kappa shape index (κ3) is 3.56. The van der Waals surface area contributed by atoms with E-state index >= 15 is 0 Å². The van der Waals surface area contributed by atoms with Crippen LogP contribution in [-0.4, -0.2) is 32.8 Å². The van der Waals surface area contributed by atoms with Crippen molar-refractivity contribution in [2.24, 2.45) is 0 Å². The summed E-state index contributed by atoms with van der Waals surface area (Å²) in [5, 5.41) is 2.98. The van der Waals surface area contributed by atoms with Gasteiger partial charge in [-0.1, -0.05) is 24.3 Å². The molecule has 1 fully saturated rings. The first-order valence-electron chi connectivity index (χ1n) is 9.21. The Morgan fingerprint density at radius 1 is 1.22 bits per heavy atom. The van der Waals surface area contributed by atoms with Crippen LogP contribution < -0.4 is 5.32 Å². The minimum atomic E-state index is -0.388. The summed E-state index contributed by atoms with van der Waals surface area (Å²) in [5.74, 6) is 0.0950. The van der Waals surface area contributed by atoms with Gasteiger partial charge in [0.2, 0.25) is 11.8 Å². The van der Waals surface area contributed by atoms with Crippen molar-refractivity contribution in [3.05, 3.63) is 60.4 Å². The predicted molar refractivity (Wildman–Crippen MR) is 104 cm³/mol. The molecule has 0 spiro atoms. The van der Waals surface area contributed by atoms with Gasteiger partial charge >= 0.3 is 0 Å². The highest BCUT2D eigenvalue weighted by molar-refractivity contribution is 5.94. The third-order valence-electron chi connectivity index (χ3n) is 5.02. The lowest BCUT2D eigenvalue weighted by Crippen LogP contribution is -2.24. The molecule has 1 saturated heterocycles. The van der Waals surface area contributed by atoms with Gasteiger partial charge in [-0.2, -0.15) is 0 Å². The van der Waals surface area contributed by atoms with Crippen LogP contribution in [-0.2, 0) is 16.1 Å². The van der Waals surface area contributed by atoms with Crippen molar-refractivity contribution in [1.29, 1.82) is 0 Å². The van der Waals surface area contributed by atoms with Crippen LogP contribution in [0.2, 0.25) is 0 Å². The van der Waals surface area contributed by atoms with Crippen LogP contribution in [0.1, 0.15) is 31.4 Å². The summed E-state index contributed by atoms with van der Waals surface area (Å²) in [5.41, 5.74) is 3.56. The first kappa shape index (κ1) is 17.3. The van der Waals surface area contributed by atoms with Gasteiger partial charge in [0.1, 0.15) is 6.04 Å². The summed E-state index contributed by atoms with van der Waals surface area (Å²) in [6, 6.07) is 15.1. The van der Waals surface area contributed by atoms with Gasteiger partial charge in [-0.05, 0) is 43.2 Å². The molecule has 0 unspecified atom stereocenters. The summed E-state index contributed by atoms with van der Waals surface area (Å²) in [7, 11) is 0. The third-order valence-corrected chi connectivity index (χ3v) is 5.02. The number of hydrogen-bond donors (Lipinski definition) is 1. The molecule has 6 heteroatoms. The second-order valence-electron chi connectivity index (χ2n) is 6.93. The number of fused-ring (bicyclic) bond motifs is 1. The molecule has 0 bridgehead atoms. The van der Waals surface area contributed by atoms with Crippen LogP contribution in [0, 0.1) is 0 Å². The number of benzene rings is 2. The van der Waals surface area contributed by atoms with E-state index in [9.17, 15) is 9.59 Å². The number of carbonyl (C=O) groups excluding carboxylic acids is 2. The number of nitrogens with one attached hydrogen (secondary N) is 1. The second kappa shape index (κ2) is 7.23. The van der Waals surface area contributed by atoms with Crippen LogP contribution in [0.15, 0.2) is 54.9 Å². The topological polar surface area (TPSA) is 67.2 Å². The molecule has 138 valence electrons. The maximum absolute atomic E-state index is 12.7. The fraction of sp³-hybridized carbons (Fsp3) is 0.286. The minimum absolute atomic E-state index is 0.104. The normalized spacial score (nSPS) is 15.3. The van der Waals surface area contributed by atoms with Gasteiger partial charge in [0.15, 0.2) is 0 Å². The number of anilines is 1. The average molecular weight is 362 g/mol. The van der Waals surface area contributed by atoms with Crippen molar-refractivity contribution in [3.8, 4) is 0 Å². The van der Waals surface area contributed by atoms with Crippen molar-refractivity contribution < 1.29 is 9.59 Å². The zero-order chi connectivity index (χ0) is 18.8. The highest BCUT2D eigenvalue weighted by atomic mass is 16.2. The van der Waals surface area contributed by atoms with E-state index in [1.54, 1.807) is 6.33 Å². The van der Waals surface area contributed by atoms with E-state index in [2.05, 4.69) is 10.3 Å². The van der Waals surface area contributed by atoms with E-state index in [-0.39, 0.29) is 17.9 Å². The largest absolute Gasteiger partial charge is 0.338 e. The monoisotopic (exact) mass is 362 g/mol. The number of likely N-dealkylation sites (tertiary alicyclic amines) is 1. The number of rotatable bonds is 5. The number of para-hydroxylation sites is 2. The molecule has 6 nitrogen and oxygen atoms in total. The zero-order valence-electron chi connectivity index (χ0n) is 15.3. The smallest absolute Gasteiger partial charge is 0.247 e. The molecular formula is C21H22N4O2. The molecule has 0 aliphatic carbocycles. The molecule has 1 aliphatic rings. The van der Waals surface area contributed by atoms with Crippen molar-refractivity contribution >= 4 is 28.5 Å². The molecule has 1 aliphatic heterocycles. The Kier molecular flexibility index (Phi) is 4.62. The van der Waals surface area contributed by atoms with Gasteiger partial charge in [0.25, 0.3) is 0 Å². The molecule has 2 aromatic carbocycles. The molecule has 2 amide bonds. The van der Waals surface area contributed by atoms with Crippen molar-refractivity contribution in [2.75, 3.05) is 11.9 Å². The zero-order valence-corrected chi connectivity index (χ0v) is 15.3. The van der Waals surface area contributed by atoms with E-state index in [1.165, 1.54) is 0 Å². The minimum Gasteiger partial charge on any atom is -0.338 e. The summed E-state index contributed by atoms with van der Waals surface area (Å²) < 4.78 is 1.87. The first-order chi connectivity index (χ1) is 13.1. The number of carbonyl (C=O) groups is 2. The van der Waals surface area contributed by atoms with E-state index in [4.69, 9.17) is 0 Å². The van der Waals surface area contributed by atoms with Crippen LogP contribution >= 0.6 is 0 Å². The average Bonchev–Trinajstić information content (AvgIpc) is 3.28. The summed E-state index contributed by atoms with van der Waals surface area (Å²) >= 11 is 0. The van der Waals surface area contributed by atoms with Crippen LogP contribution in [0.4, 0.5) is 5.69 Å². The molecule has 0 radical (unpaired) electrons. The van der Waals surface area contributed by atoms with Crippen LogP contribution in [0.3, 0.4) is 0 Å². The number of amides is 2. The molecule has 1 N–H and O–H groups in total. The Balaban J connectivity index is 1.47. The standard InChI is InChI=1S/C21H22N4O2/c1-15(25-14-22-18-8-2-3-9-19(18)25)21(27)23-17-7-4-6-16(12-17)13-24-11-5-10-20(24)26/h2-4,6-9,12,14-15H,5,10-11,13H2,1H3,(H,23,27)/t15-/m0/s1. The first-order valence-corrected chi connectivity index (χ1v) is 9.21. The number of imidazole rings is 1. The molecule has 0 saturated carbocycles. The Bertz CT molecular complexity index is 995. The van der Waals surface area contributed by atoms with Crippen LogP contribution in [0.5, 0.6) is 0 Å². The van der Waals surface area contributed by atoms with Gasteiger partial charge in [0.05, 0.1) is 17.4 Å². The highest BCUT2D eigenvalue weighted by Crippen LogP contribution is 2.20. The molecule has 27 heavy (non-hydrogen) atoms. The van der Waals surface area contributed by atoms with Gasteiger partial charge in [-0.3, -0.25) is 9.59 Å². The lowest BCUT2D eigenvalue weighted by atomic mass is 10.2. The summed E-state index contributed by atoms with van der Waals surface area (Å²) in [4.78, 5) is 30.8. The van der Waals surface area contributed by atoms with E-state index < -0.39 is 0 Å². The number of aromatic nitrogens is 2. The van der Waals surface area contributed by atoms with Gasteiger partial charge < -0.3 is 14.8 Å². The van der Waals surface area contributed by atoms with E-state index in [1.807, 2.05) is 64.9 Å². The highest BCUT2D eigenvalue weighted by Gasteiger charge is 2.20. The Morgan fingerprint density at radius 3 is 2.89 bits per heavy atom. The maximum atomic E-state index is 12.7. The Labute approximate surface area is 157 Å². The molecule has 1 atom stereocenters. The van der Waals surface area contributed by atoms with E-state index in [0.717, 1.165) is 35.2 Å². The Hall–Kier alpha value is -3.15. The molecule has 4 rings (SSSR count). The van der Waals surface area contributed by atoms with Gasteiger partial charge in [-0.15, -0.1) is 0 Å². The molecule has 3 aromatic rings. The van der Waals surface area contributed by atoms with Crippen molar-refractivity contribution in [2.45, 2.75) is 32.4 Å². The quantitative estimate of drug-likeness (QED) is 0.757. The van der Waals surface area contributed by atoms with Gasteiger partial charge in [-0.25, -0.2) is 4.98 Å². The molecular weight excluding hydrogens is 340 g/mol.